The molecule has 6 rings (SSSR count). The van der Waals surface area contributed by atoms with Crippen molar-refractivity contribution in [2.24, 2.45) is 0 Å². The van der Waals surface area contributed by atoms with E-state index in [1.54, 1.807) is 36.1 Å². The first kappa shape index (κ1) is 32.8. The minimum atomic E-state index is -0.652. The highest BCUT2D eigenvalue weighted by atomic mass is 16.5. The zero-order valence-corrected chi connectivity index (χ0v) is 26.0. The van der Waals surface area contributed by atoms with E-state index in [0.717, 1.165) is 0 Å². The minimum absolute atomic E-state index is 0.0833. The molecule has 2 aliphatic rings. The number of aromatic nitrogens is 4. The lowest BCUT2D eigenvalue weighted by Gasteiger charge is -2.34. The fraction of sp³-hybridized carbons (Fsp3) is 0.312. The number of ketones is 1. The summed E-state index contributed by atoms with van der Waals surface area (Å²) in [5.74, 6) is -0.687. The Morgan fingerprint density at radius 3 is 2.36 bits per heavy atom. The summed E-state index contributed by atoms with van der Waals surface area (Å²) in [6.07, 6.45) is 6.73. The summed E-state index contributed by atoms with van der Waals surface area (Å²) < 4.78 is 17.2. The summed E-state index contributed by atoms with van der Waals surface area (Å²) in [4.78, 5) is 73.6. The van der Waals surface area contributed by atoms with Gasteiger partial charge in [0, 0.05) is 49.7 Å². The standard InChI is InChI=1S/C22H22N4O5.C10H12N2O4/c1-30-16-13-24-20(31-2)18-17(16)15(12-23-18)19(27)22(29)26-10-8-25(9-11-26)21(28)14-6-4-3-5-7-14;1-6-4-12(10(15)11-9(6)14)8-3-2-7(5-13)16-8/h3-7,12-13,23H,8-11H2,1-2H3;2-4,7-8,13H,5H2,1H3,(H,11,14,15)/t;7-,8+/m.0/s1. The first-order valence-electron chi connectivity index (χ1n) is 14.7. The minimum Gasteiger partial charge on any atom is -0.494 e. The lowest BCUT2D eigenvalue weighted by atomic mass is 10.1. The maximum absolute atomic E-state index is 13.0. The summed E-state index contributed by atoms with van der Waals surface area (Å²) >= 11 is 0. The topological polar surface area (TPSA) is 189 Å². The number of piperazine rings is 1. The number of aliphatic hydroxyl groups is 1. The molecule has 0 radical (unpaired) electrons. The molecule has 1 fully saturated rings. The zero-order chi connectivity index (χ0) is 33.7. The first-order valence-corrected chi connectivity index (χ1v) is 14.7. The molecule has 5 heterocycles. The molecule has 2 atom stereocenters. The van der Waals surface area contributed by atoms with Gasteiger partial charge in [0.05, 0.1) is 38.0 Å². The number of hydrogen-bond acceptors (Lipinski definition) is 10. The second kappa shape index (κ2) is 14.3. The first-order chi connectivity index (χ1) is 22.7. The van der Waals surface area contributed by atoms with Crippen LogP contribution in [0.15, 0.2) is 70.7 Å². The Labute approximate surface area is 268 Å². The van der Waals surface area contributed by atoms with E-state index in [9.17, 15) is 24.0 Å². The van der Waals surface area contributed by atoms with Gasteiger partial charge in [0.2, 0.25) is 5.88 Å². The van der Waals surface area contributed by atoms with E-state index in [2.05, 4.69) is 15.0 Å². The number of pyridine rings is 1. The number of ether oxygens (including phenoxy) is 3. The number of methoxy groups -OCH3 is 2. The molecule has 0 aliphatic carbocycles. The SMILES string of the molecule is COc1ncc(OC)c2c(C(=O)C(=O)N3CCN(C(=O)c4ccccc4)CC3)c[nH]c12.Cc1cn([C@H]2C=C[C@@H](CO)O2)c(=O)[nH]c1=O. The van der Waals surface area contributed by atoms with Crippen LogP contribution in [0.3, 0.4) is 0 Å². The third-order valence-electron chi connectivity index (χ3n) is 7.77. The normalized spacial score (nSPS) is 17.3. The number of rotatable bonds is 7. The van der Waals surface area contributed by atoms with Gasteiger partial charge in [-0.1, -0.05) is 24.3 Å². The van der Waals surface area contributed by atoms with Crippen LogP contribution in [0.4, 0.5) is 0 Å². The summed E-state index contributed by atoms with van der Waals surface area (Å²) in [6.45, 7) is 2.77. The van der Waals surface area contributed by atoms with Crippen LogP contribution < -0.4 is 20.7 Å². The van der Waals surface area contributed by atoms with Crippen molar-refractivity contribution in [1.29, 1.82) is 0 Å². The maximum atomic E-state index is 13.0. The summed E-state index contributed by atoms with van der Waals surface area (Å²) in [5.41, 5.74) is 0.790. The molecular weight excluding hydrogens is 612 g/mol. The monoisotopic (exact) mass is 646 g/mol. The molecule has 246 valence electrons. The van der Waals surface area contributed by atoms with Crippen molar-refractivity contribution < 1.29 is 33.7 Å². The van der Waals surface area contributed by atoms with Crippen molar-refractivity contribution in [3.8, 4) is 11.6 Å². The van der Waals surface area contributed by atoms with Gasteiger partial charge in [-0.25, -0.2) is 9.78 Å². The quantitative estimate of drug-likeness (QED) is 0.149. The summed E-state index contributed by atoms with van der Waals surface area (Å²) in [6, 6.07) is 9.00. The van der Waals surface area contributed by atoms with Crippen LogP contribution in [0.25, 0.3) is 10.9 Å². The Morgan fingerprint density at radius 2 is 1.72 bits per heavy atom. The fourth-order valence-electron chi connectivity index (χ4n) is 5.24. The van der Waals surface area contributed by atoms with Crippen LogP contribution in [0.1, 0.15) is 32.5 Å². The van der Waals surface area contributed by atoms with Crippen molar-refractivity contribution in [3.63, 3.8) is 0 Å². The Bertz CT molecular complexity index is 1920. The second-order valence-electron chi connectivity index (χ2n) is 10.7. The number of aryl methyl sites for hydroxylation is 1. The van der Waals surface area contributed by atoms with Gasteiger partial charge in [0.25, 0.3) is 23.2 Å². The second-order valence-corrected chi connectivity index (χ2v) is 10.7. The maximum Gasteiger partial charge on any atom is 0.330 e. The molecule has 4 aromatic rings. The molecule has 3 N–H and O–H groups in total. The zero-order valence-electron chi connectivity index (χ0n) is 26.0. The van der Waals surface area contributed by atoms with Gasteiger partial charge >= 0.3 is 5.69 Å². The van der Waals surface area contributed by atoms with Gasteiger partial charge in [-0.3, -0.25) is 28.7 Å². The van der Waals surface area contributed by atoms with Crippen molar-refractivity contribution >= 4 is 28.5 Å². The van der Waals surface area contributed by atoms with E-state index in [4.69, 9.17) is 19.3 Å². The van der Waals surface area contributed by atoms with Crippen molar-refractivity contribution in [2.75, 3.05) is 47.0 Å². The molecule has 1 saturated heterocycles. The number of aliphatic hydroxyl groups excluding tert-OH is 1. The fourth-order valence-corrected chi connectivity index (χ4v) is 5.24. The van der Waals surface area contributed by atoms with Gasteiger partial charge in [-0.2, -0.15) is 0 Å². The Morgan fingerprint density at radius 1 is 1.02 bits per heavy atom. The van der Waals surface area contributed by atoms with E-state index in [1.807, 2.05) is 18.2 Å². The predicted octanol–water partition coefficient (Wildman–Crippen LogP) is 1.04. The number of Topliss-reactive ketones (excluding diaryl/α,β-unsaturated/α-hetero) is 1. The number of hydrogen-bond donors (Lipinski definition) is 3. The number of fused-ring (bicyclic) bond motifs is 1. The van der Waals surface area contributed by atoms with Gasteiger partial charge in [-0.15, -0.1) is 0 Å². The Hall–Kier alpha value is -5.54. The predicted molar refractivity (Wildman–Crippen MR) is 169 cm³/mol. The van der Waals surface area contributed by atoms with Crippen LogP contribution in [-0.4, -0.2) is 105 Å². The van der Waals surface area contributed by atoms with E-state index in [1.165, 1.54) is 42.3 Å². The van der Waals surface area contributed by atoms with Gasteiger partial charge < -0.3 is 34.1 Å². The number of carbonyl (C=O) groups is 3. The third kappa shape index (κ3) is 6.85. The molecule has 2 amide bonds. The smallest absolute Gasteiger partial charge is 0.330 e. The number of carbonyl (C=O) groups excluding carboxylic acids is 3. The van der Waals surface area contributed by atoms with E-state index in [-0.39, 0.29) is 31.2 Å². The molecule has 15 nitrogen and oxygen atoms in total. The highest BCUT2D eigenvalue weighted by Crippen LogP contribution is 2.33. The molecular formula is C32H34N6O9. The number of aromatic amines is 2. The largest absolute Gasteiger partial charge is 0.494 e. The average Bonchev–Trinajstić information content (AvgIpc) is 3.77. The summed E-state index contributed by atoms with van der Waals surface area (Å²) in [7, 11) is 2.94. The highest BCUT2D eigenvalue weighted by molar-refractivity contribution is 6.45. The molecule has 47 heavy (non-hydrogen) atoms. The van der Waals surface area contributed by atoms with Crippen molar-refractivity contribution in [1.82, 2.24) is 29.3 Å². The number of nitrogens with one attached hydrogen (secondary N) is 2. The van der Waals surface area contributed by atoms with Crippen molar-refractivity contribution in [3.05, 3.63) is 98.6 Å². The summed E-state index contributed by atoms with van der Waals surface area (Å²) in [5, 5.41) is 9.33. The lowest BCUT2D eigenvalue weighted by molar-refractivity contribution is -0.127. The van der Waals surface area contributed by atoms with Gasteiger partial charge in [-0.05, 0) is 25.1 Å². The van der Waals surface area contributed by atoms with Crippen LogP contribution in [0, 0.1) is 6.92 Å². The molecule has 1 aromatic carbocycles. The highest BCUT2D eigenvalue weighted by Gasteiger charge is 2.31. The van der Waals surface area contributed by atoms with Crippen LogP contribution >= 0.6 is 0 Å². The van der Waals surface area contributed by atoms with E-state index < -0.39 is 35.3 Å². The molecule has 0 unspecified atom stereocenters. The lowest BCUT2D eigenvalue weighted by Crippen LogP contribution is -2.52. The number of H-pyrrole nitrogens is 2. The molecule has 3 aromatic heterocycles. The number of benzene rings is 1. The number of amides is 2. The van der Waals surface area contributed by atoms with Crippen LogP contribution in [0.5, 0.6) is 11.6 Å². The average molecular weight is 647 g/mol. The molecule has 2 aliphatic heterocycles. The van der Waals surface area contributed by atoms with Crippen molar-refractivity contribution in [2.45, 2.75) is 19.3 Å². The van der Waals surface area contributed by atoms with Gasteiger partial charge in [0.1, 0.15) is 17.4 Å². The Balaban J connectivity index is 0.000000227. The van der Waals surface area contributed by atoms with Crippen LogP contribution in [-0.2, 0) is 9.53 Å². The van der Waals surface area contributed by atoms with Crippen LogP contribution in [0.2, 0.25) is 0 Å². The number of nitrogens with zero attached hydrogens (tertiary/aromatic N) is 4. The van der Waals surface area contributed by atoms with E-state index >= 15 is 0 Å². The molecule has 15 heteroatoms. The molecule has 0 spiro atoms. The van der Waals surface area contributed by atoms with Gasteiger partial charge in [0.15, 0.2) is 6.23 Å². The molecule has 0 saturated carbocycles. The van der Waals surface area contributed by atoms with E-state index in [0.29, 0.717) is 46.7 Å². The Kier molecular flexibility index (Phi) is 9.97. The third-order valence-corrected chi connectivity index (χ3v) is 7.77. The molecule has 0 bridgehead atoms.